The van der Waals surface area contributed by atoms with Crippen molar-refractivity contribution in [3.63, 3.8) is 0 Å². The Morgan fingerprint density at radius 1 is 0.943 bits per heavy atom. The Bertz CT molecular complexity index is 1330. The van der Waals surface area contributed by atoms with Crippen LogP contribution in [0.3, 0.4) is 0 Å². The van der Waals surface area contributed by atoms with E-state index in [-0.39, 0.29) is 23.7 Å². The van der Waals surface area contributed by atoms with Crippen LogP contribution < -0.4 is 10.9 Å². The molecule has 1 saturated heterocycles. The van der Waals surface area contributed by atoms with E-state index < -0.39 is 18.4 Å². The summed E-state index contributed by atoms with van der Waals surface area (Å²) in [7, 11) is 0. The molecule has 1 aliphatic carbocycles. The van der Waals surface area contributed by atoms with E-state index in [0.29, 0.717) is 45.6 Å². The SMILES string of the molecule is O=C(CN1C(=O)C2CCCCC2C1=O)NNC(=O)c1cc(-c2ccccc2Cl)nc2ccccc12. The lowest BCUT2D eigenvalue weighted by atomic mass is 9.81. The molecular formula is C26H23ClN4O4. The first kappa shape index (κ1) is 23.0. The van der Waals surface area contributed by atoms with Crippen molar-refractivity contribution >= 4 is 46.1 Å². The predicted octanol–water partition coefficient (Wildman–Crippen LogP) is 3.49. The van der Waals surface area contributed by atoms with Gasteiger partial charge in [-0.05, 0) is 31.0 Å². The minimum atomic E-state index is -0.650. The van der Waals surface area contributed by atoms with Gasteiger partial charge in [-0.3, -0.25) is 34.9 Å². The first-order valence-corrected chi connectivity index (χ1v) is 11.9. The highest BCUT2D eigenvalue weighted by molar-refractivity contribution is 6.33. The number of nitrogens with zero attached hydrogens (tertiary/aromatic N) is 2. The molecule has 0 spiro atoms. The number of rotatable bonds is 4. The third-order valence-electron chi connectivity index (χ3n) is 6.66. The van der Waals surface area contributed by atoms with E-state index in [0.717, 1.165) is 17.7 Å². The Hall–Kier alpha value is -3.78. The summed E-state index contributed by atoms with van der Waals surface area (Å²) in [5.74, 6) is -2.46. The van der Waals surface area contributed by atoms with Crippen LogP contribution in [0.15, 0.2) is 54.6 Å². The molecule has 9 heteroatoms. The second-order valence-electron chi connectivity index (χ2n) is 8.81. The number of aromatic nitrogens is 1. The number of imide groups is 1. The molecule has 1 aromatic heterocycles. The van der Waals surface area contributed by atoms with E-state index in [2.05, 4.69) is 15.8 Å². The number of benzene rings is 2. The fraction of sp³-hybridized carbons (Fsp3) is 0.269. The summed E-state index contributed by atoms with van der Waals surface area (Å²) in [6.07, 6.45) is 3.17. The van der Waals surface area contributed by atoms with E-state index in [9.17, 15) is 19.2 Å². The van der Waals surface area contributed by atoms with Crippen LogP contribution in [0.5, 0.6) is 0 Å². The molecule has 2 unspecified atom stereocenters. The number of hydrogen-bond acceptors (Lipinski definition) is 5. The zero-order chi connectivity index (χ0) is 24.5. The first-order valence-electron chi connectivity index (χ1n) is 11.5. The Morgan fingerprint density at radius 3 is 2.31 bits per heavy atom. The van der Waals surface area contributed by atoms with Gasteiger partial charge < -0.3 is 0 Å². The number of hydrazine groups is 1. The van der Waals surface area contributed by atoms with Crippen LogP contribution in [0.1, 0.15) is 36.0 Å². The Balaban J connectivity index is 1.33. The second-order valence-corrected chi connectivity index (χ2v) is 9.22. The minimum Gasteiger partial charge on any atom is -0.274 e. The maximum atomic E-state index is 13.1. The van der Waals surface area contributed by atoms with Crippen molar-refractivity contribution in [3.05, 3.63) is 65.2 Å². The molecule has 4 amide bonds. The van der Waals surface area contributed by atoms with Gasteiger partial charge in [-0.1, -0.05) is 60.8 Å². The largest absolute Gasteiger partial charge is 0.274 e. The lowest BCUT2D eigenvalue weighted by Crippen LogP contribution is -2.48. The van der Waals surface area contributed by atoms with Crippen molar-refractivity contribution in [3.8, 4) is 11.3 Å². The van der Waals surface area contributed by atoms with Crippen LogP contribution in [0.25, 0.3) is 22.2 Å². The number of likely N-dealkylation sites (tertiary alicyclic amines) is 1. The lowest BCUT2D eigenvalue weighted by molar-refractivity contribution is -0.143. The smallest absolute Gasteiger partial charge is 0.270 e. The average molecular weight is 491 g/mol. The van der Waals surface area contributed by atoms with Crippen LogP contribution in [-0.4, -0.2) is 40.1 Å². The fourth-order valence-corrected chi connectivity index (χ4v) is 5.17. The molecule has 2 N–H and O–H groups in total. The third-order valence-corrected chi connectivity index (χ3v) is 6.99. The van der Waals surface area contributed by atoms with Crippen molar-refractivity contribution in [1.82, 2.24) is 20.7 Å². The quantitative estimate of drug-likeness (QED) is 0.430. The molecule has 1 aliphatic heterocycles. The summed E-state index contributed by atoms with van der Waals surface area (Å²) in [5.41, 5.74) is 6.81. The van der Waals surface area contributed by atoms with Crippen LogP contribution in [0.4, 0.5) is 0 Å². The van der Waals surface area contributed by atoms with E-state index in [1.54, 1.807) is 36.4 Å². The Kier molecular flexibility index (Phi) is 6.21. The van der Waals surface area contributed by atoms with Crippen molar-refractivity contribution < 1.29 is 19.2 Å². The molecule has 2 aromatic carbocycles. The molecule has 2 aliphatic rings. The summed E-state index contributed by atoms with van der Waals surface area (Å²) in [6.45, 7) is -0.424. The van der Waals surface area contributed by atoms with E-state index in [1.165, 1.54) is 0 Å². The maximum Gasteiger partial charge on any atom is 0.270 e. The monoisotopic (exact) mass is 490 g/mol. The third kappa shape index (κ3) is 4.37. The number of pyridine rings is 1. The summed E-state index contributed by atoms with van der Waals surface area (Å²) < 4.78 is 0. The molecule has 1 saturated carbocycles. The normalized spacial score (nSPS) is 19.5. The molecule has 2 heterocycles. The molecule has 35 heavy (non-hydrogen) atoms. The molecule has 0 radical (unpaired) electrons. The number of carbonyl (C=O) groups excluding carboxylic acids is 4. The summed E-state index contributed by atoms with van der Waals surface area (Å²) in [4.78, 5) is 56.5. The molecule has 8 nitrogen and oxygen atoms in total. The highest BCUT2D eigenvalue weighted by Gasteiger charge is 2.48. The fourth-order valence-electron chi connectivity index (χ4n) is 4.93. The topological polar surface area (TPSA) is 108 Å². The molecule has 5 rings (SSSR count). The average Bonchev–Trinajstić information content (AvgIpc) is 3.12. The lowest BCUT2D eigenvalue weighted by Gasteiger charge is -2.19. The van der Waals surface area contributed by atoms with Crippen molar-refractivity contribution in [2.24, 2.45) is 11.8 Å². The van der Waals surface area contributed by atoms with Gasteiger partial charge in [0.2, 0.25) is 11.8 Å². The van der Waals surface area contributed by atoms with Crippen molar-refractivity contribution in [2.75, 3.05) is 6.54 Å². The van der Waals surface area contributed by atoms with E-state index in [1.807, 2.05) is 18.2 Å². The molecular weight excluding hydrogens is 468 g/mol. The van der Waals surface area contributed by atoms with Gasteiger partial charge in [0.25, 0.3) is 11.8 Å². The zero-order valence-corrected chi connectivity index (χ0v) is 19.5. The van der Waals surface area contributed by atoms with Gasteiger partial charge in [0.15, 0.2) is 0 Å². The van der Waals surface area contributed by atoms with Gasteiger partial charge in [0, 0.05) is 16.0 Å². The summed E-state index contributed by atoms with van der Waals surface area (Å²) in [5, 5.41) is 1.10. The van der Waals surface area contributed by atoms with Gasteiger partial charge in [0.05, 0.1) is 28.6 Å². The number of nitrogens with one attached hydrogen (secondary N) is 2. The second kappa shape index (κ2) is 9.46. The number of fused-ring (bicyclic) bond motifs is 2. The van der Waals surface area contributed by atoms with Gasteiger partial charge in [-0.2, -0.15) is 0 Å². The van der Waals surface area contributed by atoms with Crippen molar-refractivity contribution in [1.29, 1.82) is 0 Å². The number of amides is 4. The number of hydrogen-bond donors (Lipinski definition) is 2. The Labute approximate surface area is 206 Å². The molecule has 178 valence electrons. The number of carbonyl (C=O) groups is 4. The van der Waals surface area contributed by atoms with E-state index in [4.69, 9.17) is 11.6 Å². The van der Waals surface area contributed by atoms with Crippen LogP contribution >= 0.6 is 11.6 Å². The van der Waals surface area contributed by atoms with Gasteiger partial charge >= 0.3 is 0 Å². The first-order chi connectivity index (χ1) is 16.9. The van der Waals surface area contributed by atoms with Crippen LogP contribution in [0.2, 0.25) is 5.02 Å². The maximum absolute atomic E-state index is 13.1. The highest BCUT2D eigenvalue weighted by atomic mass is 35.5. The van der Waals surface area contributed by atoms with Gasteiger partial charge in [-0.15, -0.1) is 0 Å². The number of para-hydroxylation sites is 1. The van der Waals surface area contributed by atoms with Crippen LogP contribution in [0, 0.1) is 11.8 Å². The molecule has 3 aromatic rings. The summed E-state index contributed by atoms with van der Waals surface area (Å²) >= 11 is 6.34. The standard InChI is InChI=1S/C26H23ClN4O4/c27-20-11-5-3-10-18(20)22-13-19(15-7-4-6-12-21(15)28-22)24(33)30-29-23(32)14-31-25(34)16-8-1-2-9-17(16)26(31)35/h3-7,10-13,16-17H,1-2,8-9,14H2,(H,29,32)(H,30,33). The minimum absolute atomic E-state index is 0.296. The summed E-state index contributed by atoms with van der Waals surface area (Å²) in [6, 6.07) is 16.0. The Morgan fingerprint density at radius 2 is 1.60 bits per heavy atom. The molecule has 2 fully saturated rings. The van der Waals surface area contributed by atoms with Crippen LogP contribution in [-0.2, 0) is 14.4 Å². The van der Waals surface area contributed by atoms with Gasteiger partial charge in [0.1, 0.15) is 6.54 Å². The van der Waals surface area contributed by atoms with Gasteiger partial charge in [-0.25, -0.2) is 4.98 Å². The number of halogens is 1. The van der Waals surface area contributed by atoms with E-state index >= 15 is 0 Å². The predicted molar refractivity (Wildman–Crippen MR) is 130 cm³/mol. The molecule has 0 bridgehead atoms. The zero-order valence-electron chi connectivity index (χ0n) is 18.8. The molecule has 2 atom stereocenters. The highest BCUT2D eigenvalue weighted by Crippen LogP contribution is 2.37. The van der Waals surface area contributed by atoms with Crippen molar-refractivity contribution in [2.45, 2.75) is 25.7 Å².